The predicted molar refractivity (Wildman–Crippen MR) is 96.8 cm³/mol. The molecule has 0 fully saturated rings. The zero-order valence-electron chi connectivity index (χ0n) is 13.0. The summed E-state index contributed by atoms with van der Waals surface area (Å²) in [6.07, 6.45) is 0. The molecule has 0 saturated carbocycles. The highest BCUT2D eigenvalue weighted by Gasteiger charge is 2.36. The van der Waals surface area contributed by atoms with E-state index in [0.717, 1.165) is 34.5 Å². The molecule has 0 amide bonds. The smallest absolute Gasteiger partial charge is 0.184 e. The normalized spacial score (nSPS) is 17.5. The third-order valence-corrected chi connectivity index (χ3v) is 5.44. The number of benzene rings is 3. The Hall–Kier alpha value is -2.66. The van der Waals surface area contributed by atoms with Crippen molar-refractivity contribution in [3.63, 3.8) is 0 Å². The summed E-state index contributed by atoms with van der Waals surface area (Å²) in [6.45, 7) is 0. The Bertz CT molecular complexity index is 1040. The fourth-order valence-corrected chi connectivity index (χ4v) is 4.27. The van der Waals surface area contributed by atoms with Crippen LogP contribution in [0.25, 0.3) is 16.3 Å². The van der Waals surface area contributed by atoms with Gasteiger partial charge in [-0.05, 0) is 34.5 Å². The Kier molecular flexibility index (Phi) is 3.81. The van der Waals surface area contributed by atoms with Crippen LogP contribution in [0.5, 0.6) is 0 Å². The van der Waals surface area contributed by atoms with Crippen LogP contribution >= 0.6 is 11.8 Å². The van der Waals surface area contributed by atoms with E-state index in [2.05, 4.69) is 0 Å². The summed E-state index contributed by atoms with van der Waals surface area (Å²) >= 11 is 1.18. The van der Waals surface area contributed by atoms with E-state index in [0.29, 0.717) is 0 Å². The average molecular weight is 353 g/mol. The van der Waals surface area contributed by atoms with Gasteiger partial charge in [0.1, 0.15) is 11.6 Å². The second kappa shape index (κ2) is 6.01. The van der Waals surface area contributed by atoms with Crippen molar-refractivity contribution in [1.29, 1.82) is 0 Å². The Labute approximate surface area is 147 Å². The van der Waals surface area contributed by atoms with E-state index in [1.165, 1.54) is 11.8 Å². The Balaban J connectivity index is 1.81. The van der Waals surface area contributed by atoms with Gasteiger partial charge in [-0.2, -0.15) is 0 Å². The van der Waals surface area contributed by atoms with Crippen molar-refractivity contribution in [3.8, 4) is 0 Å². The fraction of sp³-hybridized carbons (Fsp3) is 0.0500. The van der Waals surface area contributed by atoms with Gasteiger partial charge >= 0.3 is 0 Å². The second-order valence-corrected chi connectivity index (χ2v) is 6.94. The number of Topliss-reactive ketones (excluding diaryl/α,β-unsaturated/α-hetero) is 1. The monoisotopic (exact) mass is 353 g/mol. The molecule has 0 aromatic heterocycles. The van der Waals surface area contributed by atoms with E-state index >= 15 is 0 Å². The summed E-state index contributed by atoms with van der Waals surface area (Å²) < 4.78 is 27.7. The molecule has 0 bridgehead atoms. The van der Waals surface area contributed by atoms with Gasteiger partial charge < -0.3 is 5.73 Å². The van der Waals surface area contributed by atoms with Gasteiger partial charge in [0.25, 0.3) is 0 Å². The van der Waals surface area contributed by atoms with Gasteiger partial charge in [-0.1, -0.05) is 54.2 Å². The molecule has 0 radical (unpaired) electrons. The van der Waals surface area contributed by atoms with E-state index < -0.39 is 16.9 Å². The molecule has 1 aliphatic heterocycles. The minimum Gasteiger partial charge on any atom is -0.393 e. The van der Waals surface area contributed by atoms with Crippen molar-refractivity contribution >= 4 is 33.9 Å². The summed E-state index contributed by atoms with van der Waals surface area (Å²) in [7, 11) is 0. The number of hydrogen-bond acceptors (Lipinski definition) is 3. The highest BCUT2D eigenvalue weighted by atomic mass is 32.2. The van der Waals surface area contributed by atoms with Crippen LogP contribution in [0.3, 0.4) is 0 Å². The van der Waals surface area contributed by atoms with Crippen LogP contribution in [-0.2, 0) is 4.79 Å². The molecule has 1 atom stereocenters. The van der Waals surface area contributed by atoms with Crippen LogP contribution in [0.15, 0.2) is 65.7 Å². The highest BCUT2D eigenvalue weighted by Crippen LogP contribution is 2.48. The molecule has 25 heavy (non-hydrogen) atoms. The van der Waals surface area contributed by atoms with Gasteiger partial charge in [-0.25, -0.2) is 8.78 Å². The number of rotatable bonds is 2. The maximum atomic E-state index is 14.1. The van der Waals surface area contributed by atoms with Crippen molar-refractivity contribution in [2.24, 2.45) is 5.73 Å². The van der Waals surface area contributed by atoms with Crippen molar-refractivity contribution < 1.29 is 13.6 Å². The van der Waals surface area contributed by atoms with Crippen molar-refractivity contribution in [2.75, 3.05) is 0 Å². The maximum absolute atomic E-state index is 14.1. The number of carbonyl (C=O) groups is 1. The molecular weight excluding hydrogens is 340 g/mol. The number of thioether (sulfide) groups is 1. The summed E-state index contributed by atoms with van der Waals surface area (Å²) in [5.41, 5.74) is 6.82. The molecular formula is C20H13F2NOS. The Morgan fingerprint density at radius 3 is 2.56 bits per heavy atom. The van der Waals surface area contributed by atoms with Crippen LogP contribution in [0.4, 0.5) is 8.78 Å². The maximum Gasteiger partial charge on any atom is 0.184 e. The minimum atomic E-state index is -0.660. The van der Waals surface area contributed by atoms with E-state index in [-0.39, 0.29) is 21.9 Å². The van der Waals surface area contributed by atoms with Crippen molar-refractivity contribution in [1.82, 2.24) is 0 Å². The predicted octanol–water partition coefficient (Wildman–Crippen LogP) is 4.80. The van der Waals surface area contributed by atoms with Gasteiger partial charge in [0.05, 0.1) is 15.9 Å². The quantitative estimate of drug-likeness (QED) is 0.719. The average Bonchev–Trinajstić information content (AvgIpc) is 2.91. The van der Waals surface area contributed by atoms with Gasteiger partial charge in [-0.3, -0.25) is 4.79 Å². The van der Waals surface area contributed by atoms with Gasteiger partial charge in [0.15, 0.2) is 5.78 Å². The number of carbonyl (C=O) groups excluding carboxylic acids is 1. The van der Waals surface area contributed by atoms with Crippen LogP contribution < -0.4 is 5.73 Å². The van der Waals surface area contributed by atoms with Crippen LogP contribution in [0, 0.1) is 11.6 Å². The van der Waals surface area contributed by atoms with E-state index in [4.69, 9.17) is 5.73 Å². The van der Waals surface area contributed by atoms with Crippen molar-refractivity contribution in [3.05, 3.63) is 88.5 Å². The second-order valence-electron chi connectivity index (χ2n) is 5.79. The lowest BCUT2D eigenvalue weighted by Gasteiger charge is -2.12. The number of halogens is 2. The van der Waals surface area contributed by atoms with Crippen LogP contribution in [0.2, 0.25) is 0 Å². The highest BCUT2D eigenvalue weighted by molar-refractivity contribution is 8.04. The zero-order chi connectivity index (χ0) is 17.6. The fourth-order valence-electron chi connectivity index (χ4n) is 3.13. The number of nitrogens with two attached hydrogens (primary N) is 1. The Morgan fingerprint density at radius 1 is 0.960 bits per heavy atom. The molecule has 1 heterocycles. The molecule has 2 N–H and O–H groups in total. The molecule has 2 nitrogen and oxygen atoms in total. The van der Waals surface area contributed by atoms with Crippen molar-refractivity contribution in [2.45, 2.75) is 5.25 Å². The van der Waals surface area contributed by atoms with Gasteiger partial charge in [0.2, 0.25) is 0 Å². The molecule has 4 rings (SSSR count). The molecule has 0 aliphatic carbocycles. The lowest BCUT2D eigenvalue weighted by atomic mass is 9.94. The van der Waals surface area contributed by atoms with Crippen LogP contribution in [0.1, 0.15) is 16.4 Å². The lowest BCUT2D eigenvalue weighted by Crippen LogP contribution is -2.08. The first-order chi connectivity index (χ1) is 12.1. The summed E-state index contributed by atoms with van der Waals surface area (Å²) in [6, 6.07) is 16.5. The molecule has 1 unspecified atom stereocenters. The first kappa shape index (κ1) is 15.8. The molecule has 0 spiro atoms. The summed E-state index contributed by atoms with van der Waals surface area (Å²) in [5, 5.41) is 1.61. The SMILES string of the molecule is NC1=C(c2cc(F)ccc2F)C(=O)C(c2cccc3ccccc23)S1. The minimum absolute atomic E-state index is 0.0555. The summed E-state index contributed by atoms with van der Waals surface area (Å²) in [5.74, 6) is -1.57. The molecule has 3 aromatic rings. The number of allylic oxidation sites excluding steroid dienone is 1. The third kappa shape index (κ3) is 2.61. The largest absolute Gasteiger partial charge is 0.393 e. The number of ketones is 1. The first-order valence-electron chi connectivity index (χ1n) is 7.70. The Morgan fingerprint density at radius 2 is 1.72 bits per heavy atom. The summed E-state index contributed by atoms with van der Waals surface area (Å²) in [4.78, 5) is 13.0. The molecule has 5 heteroatoms. The van der Waals surface area contributed by atoms with E-state index in [1.54, 1.807) is 0 Å². The first-order valence-corrected chi connectivity index (χ1v) is 8.58. The third-order valence-electron chi connectivity index (χ3n) is 4.28. The molecule has 1 aliphatic rings. The van der Waals surface area contributed by atoms with E-state index in [1.807, 2.05) is 42.5 Å². The van der Waals surface area contributed by atoms with Gasteiger partial charge in [-0.15, -0.1) is 0 Å². The van der Waals surface area contributed by atoms with E-state index in [9.17, 15) is 13.6 Å². The molecule has 124 valence electrons. The number of fused-ring (bicyclic) bond motifs is 1. The standard InChI is InChI=1S/C20H13F2NOS/c21-12-8-9-16(22)15(10-12)17-18(24)19(25-20(17)23)14-7-3-5-11-4-1-2-6-13(11)14/h1-10,19H,23H2. The zero-order valence-corrected chi connectivity index (χ0v) is 13.8. The van der Waals surface area contributed by atoms with Gasteiger partial charge in [0, 0.05) is 5.56 Å². The molecule has 3 aromatic carbocycles. The number of hydrogen-bond donors (Lipinski definition) is 1. The topological polar surface area (TPSA) is 43.1 Å². The lowest BCUT2D eigenvalue weighted by molar-refractivity contribution is -0.113. The molecule has 0 saturated heterocycles. The van der Waals surface area contributed by atoms with Crippen LogP contribution in [-0.4, -0.2) is 5.78 Å².